The summed E-state index contributed by atoms with van der Waals surface area (Å²) in [6.45, 7) is -0.657. The normalized spacial score (nSPS) is 14.4. The Hall–Kier alpha value is -1.83. The molecule has 21 heavy (non-hydrogen) atoms. The number of carbonyl (C=O) groups excluding carboxylic acids is 1. The highest BCUT2D eigenvalue weighted by atomic mass is 16.5. The van der Waals surface area contributed by atoms with Crippen molar-refractivity contribution in [2.24, 2.45) is 0 Å². The van der Waals surface area contributed by atoms with Gasteiger partial charge in [0.25, 0.3) is 5.91 Å². The van der Waals surface area contributed by atoms with Crippen molar-refractivity contribution < 1.29 is 29.6 Å². The largest absolute Gasteiger partial charge is 0.490 e. The second-order valence-corrected chi connectivity index (χ2v) is 4.92. The quantitative estimate of drug-likeness (QED) is 0.572. The Kier molecular flexibility index (Phi) is 5.00. The topological polar surface area (TPSA) is 108 Å². The molecule has 1 aromatic rings. The molecular weight excluding hydrogens is 278 g/mol. The molecule has 1 amide bonds. The van der Waals surface area contributed by atoms with Crippen molar-refractivity contribution in [2.45, 2.75) is 12.0 Å². The minimum atomic E-state index is -1.46. The Morgan fingerprint density at radius 2 is 1.71 bits per heavy atom. The Morgan fingerprint density at radius 3 is 2.33 bits per heavy atom. The molecule has 0 fully saturated rings. The van der Waals surface area contributed by atoms with Crippen LogP contribution in [0.3, 0.4) is 0 Å². The average Bonchev–Trinajstić information content (AvgIpc) is 2.77. The maximum Gasteiger partial charge on any atom is 0.252 e. The number of nitrogens with one attached hydrogen (secondary N) is 1. The van der Waals surface area contributed by atoms with Crippen LogP contribution in [-0.2, 0) is 0 Å². The number of ether oxygens (including phenoxy) is 2. The number of aliphatic hydroxyl groups excluding tert-OH is 3. The first kappa shape index (κ1) is 15.6. The van der Waals surface area contributed by atoms with Gasteiger partial charge in [-0.15, -0.1) is 0 Å². The lowest BCUT2D eigenvalue weighted by Crippen LogP contribution is -2.57. The lowest BCUT2D eigenvalue weighted by Gasteiger charge is -2.28. The summed E-state index contributed by atoms with van der Waals surface area (Å²) in [6, 6.07) is 4.72. The van der Waals surface area contributed by atoms with E-state index in [0.717, 1.165) is 6.42 Å². The number of fused-ring (bicyclic) bond motifs is 1. The maximum atomic E-state index is 12.2. The van der Waals surface area contributed by atoms with Gasteiger partial charge in [0.15, 0.2) is 11.5 Å². The van der Waals surface area contributed by atoms with E-state index in [2.05, 4.69) is 5.32 Å². The predicted octanol–water partition coefficient (Wildman–Crippen LogP) is -0.707. The fourth-order valence-electron chi connectivity index (χ4n) is 1.89. The van der Waals surface area contributed by atoms with Crippen molar-refractivity contribution in [3.63, 3.8) is 0 Å². The lowest BCUT2D eigenvalue weighted by molar-refractivity contribution is 0.0375. The van der Waals surface area contributed by atoms with E-state index in [9.17, 15) is 20.1 Å². The first-order valence-electron chi connectivity index (χ1n) is 6.69. The Labute approximate surface area is 122 Å². The zero-order valence-corrected chi connectivity index (χ0v) is 11.5. The van der Waals surface area contributed by atoms with E-state index in [0.29, 0.717) is 30.3 Å². The molecule has 4 N–H and O–H groups in total. The third-order valence-electron chi connectivity index (χ3n) is 3.30. The SMILES string of the molecule is O=C(NC(CO)(CO)CO)c1ccc2c(c1)OCCCO2. The zero-order chi connectivity index (χ0) is 15.3. The fourth-order valence-corrected chi connectivity index (χ4v) is 1.89. The molecule has 7 nitrogen and oxygen atoms in total. The van der Waals surface area contributed by atoms with Crippen LogP contribution < -0.4 is 14.8 Å². The van der Waals surface area contributed by atoms with Crippen molar-refractivity contribution >= 4 is 5.91 Å². The van der Waals surface area contributed by atoms with E-state index >= 15 is 0 Å². The van der Waals surface area contributed by atoms with Crippen molar-refractivity contribution in [3.8, 4) is 11.5 Å². The van der Waals surface area contributed by atoms with Crippen LogP contribution in [0, 0.1) is 0 Å². The van der Waals surface area contributed by atoms with Crippen LogP contribution in [0.4, 0.5) is 0 Å². The highest BCUT2D eigenvalue weighted by molar-refractivity contribution is 5.95. The molecule has 0 unspecified atom stereocenters. The minimum absolute atomic E-state index is 0.291. The van der Waals surface area contributed by atoms with E-state index in [4.69, 9.17) is 9.47 Å². The van der Waals surface area contributed by atoms with Gasteiger partial charge < -0.3 is 30.1 Å². The van der Waals surface area contributed by atoms with Gasteiger partial charge in [0.1, 0.15) is 5.54 Å². The number of amides is 1. The van der Waals surface area contributed by atoms with Gasteiger partial charge in [0.2, 0.25) is 0 Å². The molecular formula is C14H19NO6. The average molecular weight is 297 g/mol. The minimum Gasteiger partial charge on any atom is -0.490 e. The second-order valence-electron chi connectivity index (χ2n) is 4.92. The van der Waals surface area contributed by atoms with Gasteiger partial charge in [0.05, 0.1) is 33.0 Å². The molecule has 2 rings (SSSR count). The highest BCUT2D eigenvalue weighted by Crippen LogP contribution is 2.30. The molecule has 1 heterocycles. The van der Waals surface area contributed by atoms with E-state index in [1.54, 1.807) is 12.1 Å². The first-order chi connectivity index (χ1) is 10.1. The molecule has 1 aliphatic rings. The summed E-state index contributed by atoms with van der Waals surface area (Å²) in [5.41, 5.74) is -1.17. The van der Waals surface area contributed by atoms with E-state index in [-0.39, 0.29) is 0 Å². The number of aliphatic hydroxyl groups is 3. The molecule has 0 atom stereocenters. The Balaban J connectivity index is 2.18. The number of hydrogen-bond donors (Lipinski definition) is 4. The third-order valence-corrected chi connectivity index (χ3v) is 3.30. The molecule has 0 bridgehead atoms. The zero-order valence-electron chi connectivity index (χ0n) is 11.5. The van der Waals surface area contributed by atoms with E-state index in [1.165, 1.54) is 6.07 Å². The smallest absolute Gasteiger partial charge is 0.252 e. The molecule has 116 valence electrons. The molecule has 0 saturated heterocycles. The highest BCUT2D eigenvalue weighted by Gasteiger charge is 2.30. The fraction of sp³-hybridized carbons (Fsp3) is 0.500. The number of carbonyl (C=O) groups is 1. The van der Waals surface area contributed by atoms with E-state index in [1.807, 2.05) is 0 Å². The van der Waals surface area contributed by atoms with Crippen LogP contribution >= 0.6 is 0 Å². The predicted molar refractivity (Wildman–Crippen MR) is 73.5 cm³/mol. The summed E-state index contributed by atoms with van der Waals surface area (Å²) >= 11 is 0. The summed E-state index contributed by atoms with van der Waals surface area (Å²) in [5.74, 6) is 0.521. The van der Waals surface area contributed by atoms with Gasteiger partial charge in [-0.3, -0.25) is 4.79 Å². The summed E-state index contributed by atoms with van der Waals surface area (Å²) in [7, 11) is 0. The molecule has 7 heteroatoms. The van der Waals surface area contributed by atoms with Crippen molar-refractivity contribution in [2.75, 3.05) is 33.0 Å². The van der Waals surface area contributed by atoms with Crippen LogP contribution in [0.15, 0.2) is 18.2 Å². The van der Waals surface area contributed by atoms with E-state index < -0.39 is 31.3 Å². The molecule has 0 saturated carbocycles. The monoisotopic (exact) mass is 297 g/mol. The number of hydrogen-bond acceptors (Lipinski definition) is 6. The summed E-state index contributed by atoms with van der Waals surface area (Å²) in [6.07, 6.45) is 0.763. The second kappa shape index (κ2) is 6.75. The molecule has 0 radical (unpaired) electrons. The van der Waals surface area contributed by atoms with Crippen LogP contribution in [0.2, 0.25) is 0 Å². The maximum absolute atomic E-state index is 12.2. The van der Waals surface area contributed by atoms with Gasteiger partial charge >= 0.3 is 0 Å². The first-order valence-corrected chi connectivity index (χ1v) is 6.69. The Morgan fingerprint density at radius 1 is 1.10 bits per heavy atom. The molecule has 1 aromatic carbocycles. The van der Waals surface area contributed by atoms with Crippen molar-refractivity contribution in [1.82, 2.24) is 5.32 Å². The molecule has 0 spiro atoms. The summed E-state index contributed by atoms with van der Waals surface area (Å²) in [4.78, 5) is 12.2. The number of benzene rings is 1. The van der Waals surface area contributed by atoms with Crippen LogP contribution in [0.5, 0.6) is 11.5 Å². The van der Waals surface area contributed by atoms with Crippen molar-refractivity contribution in [3.05, 3.63) is 23.8 Å². The van der Waals surface area contributed by atoms with Gasteiger partial charge in [-0.1, -0.05) is 0 Å². The molecule has 1 aliphatic heterocycles. The Bertz CT molecular complexity index is 492. The van der Waals surface area contributed by atoms with Crippen LogP contribution in [0.25, 0.3) is 0 Å². The number of rotatable bonds is 5. The van der Waals surface area contributed by atoms with Gasteiger partial charge in [-0.25, -0.2) is 0 Å². The standard InChI is InChI=1S/C14H19NO6/c16-7-14(8-17,9-18)15-13(19)10-2-3-11-12(6-10)21-5-1-4-20-11/h2-3,6,16-18H,1,4-5,7-9H2,(H,15,19). The van der Waals surface area contributed by atoms with Crippen molar-refractivity contribution in [1.29, 1.82) is 0 Å². The molecule has 0 aliphatic carbocycles. The van der Waals surface area contributed by atoms with Gasteiger partial charge in [0, 0.05) is 12.0 Å². The lowest BCUT2D eigenvalue weighted by atomic mass is 10.0. The van der Waals surface area contributed by atoms with Crippen LogP contribution in [-0.4, -0.2) is 59.8 Å². The molecule has 0 aromatic heterocycles. The third kappa shape index (κ3) is 3.44. The summed E-state index contributed by atoms with van der Waals surface area (Å²) < 4.78 is 11.0. The summed E-state index contributed by atoms with van der Waals surface area (Å²) in [5, 5.41) is 30.1. The van der Waals surface area contributed by atoms with Gasteiger partial charge in [-0.05, 0) is 18.2 Å². The van der Waals surface area contributed by atoms with Gasteiger partial charge in [-0.2, -0.15) is 0 Å². The van der Waals surface area contributed by atoms with Crippen LogP contribution in [0.1, 0.15) is 16.8 Å².